The Balaban J connectivity index is 1.81. The van der Waals surface area contributed by atoms with E-state index in [-0.39, 0.29) is 11.7 Å². The second kappa shape index (κ2) is 5.88. The summed E-state index contributed by atoms with van der Waals surface area (Å²) >= 11 is 0. The van der Waals surface area contributed by atoms with Crippen LogP contribution >= 0.6 is 0 Å². The average Bonchev–Trinajstić information content (AvgIpc) is 3.12. The molecule has 4 heteroatoms. The molecule has 1 aliphatic heterocycles. The molecule has 23 heavy (non-hydrogen) atoms. The van der Waals surface area contributed by atoms with Crippen LogP contribution in [0.25, 0.3) is 5.57 Å². The van der Waals surface area contributed by atoms with Crippen LogP contribution in [0.15, 0.2) is 36.4 Å². The summed E-state index contributed by atoms with van der Waals surface area (Å²) in [5, 5.41) is 0. The Labute approximate surface area is 135 Å². The van der Waals surface area contributed by atoms with E-state index in [0.29, 0.717) is 24.3 Å². The molecular weight excluding hydrogens is 288 g/mol. The lowest BCUT2D eigenvalue weighted by molar-refractivity contribution is 0.0795. The van der Waals surface area contributed by atoms with Crippen LogP contribution in [-0.2, 0) is 0 Å². The lowest BCUT2D eigenvalue weighted by atomic mass is 10.1. The van der Waals surface area contributed by atoms with Crippen LogP contribution in [-0.4, -0.2) is 34.7 Å². The molecule has 1 aromatic heterocycles. The molecule has 2 heterocycles. The summed E-state index contributed by atoms with van der Waals surface area (Å²) in [4.78, 5) is 29.4. The van der Waals surface area contributed by atoms with Gasteiger partial charge < -0.3 is 9.88 Å². The summed E-state index contributed by atoms with van der Waals surface area (Å²) in [5.74, 6) is -0.0693. The van der Waals surface area contributed by atoms with Crippen molar-refractivity contribution < 1.29 is 9.59 Å². The van der Waals surface area contributed by atoms with Crippen molar-refractivity contribution in [2.45, 2.75) is 20.8 Å². The van der Waals surface area contributed by atoms with Gasteiger partial charge in [-0.3, -0.25) is 9.59 Å². The molecule has 1 aliphatic rings. The molecule has 0 atom stereocenters. The zero-order valence-corrected chi connectivity index (χ0v) is 13.6. The maximum atomic E-state index is 12.8. The maximum Gasteiger partial charge on any atom is 0.271 e. The van der Waals surface area contributed by atoms with E-state index in [9.17, 15) is 9.59 Å². The van der Waals surface area contributed by atoms with Crippen molar-refractivity contribution >= 4 is 17.3 Å². The van der Waals surface area contributed by atoms with Gasteiger partial charge >= 0.3 is 0 Å². The zero-order valence-electron chi connectivity index (χ0n) is 13.6. The van der Waals surface area contributed by atoms with E-state index < -0.39 is 0 Å². The number of aromatic nitrogens is 1. The first kappa shape index (κ1) is 15.3. The van der Waals surface area contributed by atoms with Gasteiger partial charge in [0, 0.05) is 24.3 Å². The van der Waals surface area contributed by atoms with Crippen molar-refractivity contribution in [1.82, 2.24) is 9.88 Å². The summed E-state index contributed by atoms with van der Waals surface area (Å²) in [5.41, 5.74) is 4.96. The predicted octanol–water partition coefficient (Wildman–Crippen LogP) is 3.37. The lowest BCUT2D eigenvalue weighted by Gasteiger charge is -2.16. The Morgan fingerprint density at radius 3 is 2.43 bits per heavy atom. The van der Waals surface area contributed by atoms with Gasteiger partial charge in [0.15, 0.2) is 5.78 Å². The van der Waals surface area contributed by atoms with Gasteiger partial charge in [-0.25, -0.2) is 0 Å². The molecule has 0 spiro atoms. The van der Waals surface area contributed by atoms with Crippen LogP contribution in [0.5, 0.6) is 0 Å². The number of benzene rings is 1. The highest BCUT2D eigenvalue weighted by Crippen LogP contribution is 2.25. The number of Topliss-reactive ketones (excluding diaryl/α,β-unsaturated/α-hetero) is 1. The topological polar surface area (TPSA) is 53.2 Å². The summed E-state index contributed by atoms with van der Waals surface area (Å²) in [6.07, 6.45) is 2.09. The second-order valence-electron chi connectivity index (χ2n) is 5.96. The fourth-order valence-corrected chi connectivity index (χ4v) is 3.22. The minimum atomic E-state index is -0.0553. The zero-order chi connectivity index (χ0) is 16.6. The molecule has 0 bridgehead atoms. The quantitative estimate of drug-likeness (QED) is 0.884. The van der Waals surface area contributed by atoms with E-state index in [1.54, 1.807) is 4.90 Å². The van der Waals surface area contributed by atoms with Gasteiger partial charge in [0.05, 0.1) is 0 Å². The van der Waals surface area contributed by atoms with Crippen molar-refractivity contribution in [1.29, 1.82) is 0 Å². The first-order chi connectivity index (χ1) is 11.0. The van der Waals surface area contributed by atoms with E-state index in [1.807, 2.05) is 32.0 Å². The molecule has 0 saturated heterocycles. The molecule has 118 valence electrons. The number of carbonyl (C=O) groups excluding carboxylic acids is 2. The fourth-order valence-electron chi connectivity index (χ4n) is 3.22. The summed E-state index contributed by atoms with van der Waals surface area (Å²) < 4.78 is 0. The van der Waals surface area contributed by atoms with E-state index in [1.165, 1.54) is 6.92 Å². The van der Waals surface area contributed by atoms with Crippen LogP contribution in [0.2, 0.25) is 0 Å². The number of aromatic amines is 1. The number of hydrogen-bond acceptors (Lipinski definition) is 2. The SMILES string of the molecule is CC(=O)c1c(C)[nH]c(C(=O)N2CC=C(c3ccccc3)C2)c1C. The van der Waals surface area contributed by atoms with Crippen molar-refractivity contribution in [3.05, 3.63) is 64.5 Å². The molecule has 2 aromatic rings. The summed E-state index contributed by atoms with van der Waals surface area (Å²) in [6, 6.07) is 10.1. The number of carbonyl (C=O) groups is 2. The molecule has 0 unspecified atom stereocenters. The highest BCUT2D eigenvalue weighted by atomic mass is 16.2. The minimum absolute atomic E-state index is 0.0141. The van der Waals surface area contributed by atoms with Gasteiger partial charge in [-0.1, -0.05) is 36.4 Å². The highest BCUT2D eigenvalue weighted by Gasteiger charge is 2.26. The van der Waals surface area contributed by atoms with E-state index in [2.05, 4.69) is 23.2 Å². The largest absolute Gasteiger partial charge is 0.354 e. The second-order valence-corrected chi connectivity index (χ2v) is 5.96. The molecule has 4 nitrogen and oxygen atoms in total. The van der Waals surface area contributed by atoms with Gasteiger partial charge in [-0.2, -0.15) is 0 Å². The first-order valence-corrected chi connectivity index (χ1v) is 7.73. The van der Waals surface area contributed by atoms with Gasteiger partial charge in [0.2, 0.25) is 0 Å². The monoisotopic (exact) mass is 308 g/mol. The summed E-state index contributed by atoms with van der Waals surface area (Å²) in [6.45, 7) is 6.38. The Morgan fingerprint density at radius 1 is 1.13 bits per heavy atom. The molecule has 1 amide bonds. The van der Waals surface area contributed by atoms with Crippen LogP contribution in [0.3, 0.4) is 0 Å². The Hall–Kier alpha value is -2.62. The average molecular weight is 308 g/mol. The van der Waals surface area contributed by atoms with Crippen molar-refractivity contribution in [2.75, 3.05) is 13.1 Å². The van der Waals surface area contributed by atoms with Crippen LogP contribution < -0.4 is 0 Å². The van der Waals surface area contributed by atoms with Gasteiger partial charge in [-0.05, 0) is 37.5 Å². The maximum absolute atomic E-state index is 12.8. The van der Waals surface area contributed by atoms with Gasteiger partial charge in [-0.15, -0.1) is 0 Å². The fraction of sp³-hybridized carbons (Fsp3) is 0.263. The Bertz CT molecular complexity index is 800. The number of amides is 1. The standard InChI is InChI=1S/C19H20N2O2/c1-12-17(14(3)22)13(2)20-18(12)19(23)21-10-9-16(11-21)15-7-5-4-6-8-15/h4-9,20H,10-11H2,1-3H3. The number of H-pyrrole nitrogens is 1. The van der Waals surface area contributed by atoms with Crippen molar-refractivity contribution in [3.8, 4) is 0 Å². The van der Waals surface area contributed by atoms with E-state index in [0.717, 1.165) is 22.4 Å². The molecule has 0 radical (unpaired) electrons. The van der Waals surface area contributed by atoms with Crippen molar-refractivity contribution in [2.24, 2.45) is 0 Å². The molecule has 0 aliphatic carbocycles. The normalized spacial score (nSPS) is 14.0. The van der Waals surface area contributed by atoms with Crippen LogP contribution in [0.4, 0.5) is 0 Å². The van der Waals surface area contributed by atoms with E-state index in [4.69, 9.17) is 0 Å². The molecule has 1 N–H and O–H groups in total. The van der Waals surface area contributed by atoms with Crippen LogP contribution in [0.1, 0.15) is 44.6 Å². The number of nitrogens with zero attached hydrogens (tertiary/aromatic N) is 1. The molecule has 0 fully saturated rings. The predicted molar refractivity (Wildman–Crippen MR) is 90.6 cm³/mol. The third-order valence-corrected chi connectivity index (χ3v) is 4.35. The van der Waals surface area contributed by atoms with Crippen LogP contribution in [0, 0.1) is 13.8 Å². The number of hydrogen-bond donors (Lipinski definition) is 1. The smallest absolute Gasteiger partial charge is 0.271 e. The first-order valence-electron chi connectivity index (χ1n) is 7.73. The lowest BCUT2D eigenvalue weighted by Crippen LogP contribution is -2.29. The molecular formula is C19H20N2O2. The van der Waals surface area contributed by atoms with E-state index >= 15 is 0 Å². The number of nitrogens with one attached hydrogen (secondary N) is 1. The molecule has 0 saturated carbocycles. The number of rotatable bonds is 3. The Morgan fingerprint density at radius 2 is 1.83 bits per heavy atom. The molecule has 1 aromatic carbocycles. The van der Waals surface area contributed by atoms with Gasteiger partial charge in [0.1, 0.15) is 5.69 Å². The number of aryl methyl sites for hydroxylation is 1. The highest BCUT2D eigenvalue weighted by molar-refractivity contribution is 6.03. The summed E-state index contributed by atoms with van der Waals surface area (Å²) in [7, 11) is 0. The van der Waals surface area contributed by atoms with Gasteiger partial charge in [0.25, 0.3) is 5.91 Å². The third-order valence-electron chi connectivity index (χ3n) is 4.35. The Kier molecular flexibility index (Phi) is 3.90. The number of ketones is 1. The minimum Gasteiger partial charge on any atom is -0.354 e. The van der Waals surface area contributed by atoms with Crippen molar-refractivity contribution in [3.63, 3.8) is 0 Å². The third kappa shape index (κ3) is 2.72. The molecule has 3 rings (SSSR count).